The van der Waals surface area contributed by atoms with Crippen LogP contribution in [0.1, 0.15) is 0 Å². The molecule has 2 aliphatic carbocycles. The Morgan fingerprint density at radius 2 is 0.811 bits per heavy atom. The lowest BCUT2D eigenvalue weighted by Gasteiger charge is -2.40. The van der Waals surface area contributed by atoms with Gasteiger partial charge in [-0.25, -0.2) is 0 Å². The van der Waals surface area contributed by atoms with Crippen molar-refractivity contribution in [3.05, 3.63) is 297 Å². The van der Waals surface area contributed by atoms with Crippen molar-refractivity contribution in [3.8, 4) is 44.5 Å². The number of hydrogen-bond acceptors (Lipinski definition) is 2. The van der Waals surface area contributed by atoms with E-state index in [2.05, 4.69) is 301 Å². The van der Waals surface area contributed by atoms with Crippen molar-refractivity contribution in [3.63, 3.8) is 0 Å². The van der Waals surface area contributed by atoms with Gasteiger partial charge in [0.1, 0.15) is 0 Å². The topological polar surface area (TPSA) is 6.48 Å². The maximum Gasteiger partial charge on any atom is 0.0628 e. The molecule has 2 atom stereocenters. The van der Waals surface area contributed by atoms with Gasteiger partial charge in [0.2, 0.25) is 0 Å². The van der Waals surface area contributed by atoms with E-state index in [0.717, 1.165) is 22.7 Å². The van der Waals surface area contributed by atoms with Crippen LogP contribution in [0.5, 0.6) is 0 Å². The summed E-state index contributed by atoms with van der Waals surface area (Å²) in [6.07, 6.45) is 16.0. The maximum atomic E-state index is 2.64. The summed E-state index contributed by atoms with van der Waals surface area (Å²) < 4.78 is 0. The van der Waals surface area contributed by atoms with Gasteiger partial charge < -0.3 is 9.80 Å². The van der Waals surface area contributed by atoms with Crippen molar-refractivity contribution in [1.29, 1.82) is 0 Å². The van der Waals surface area contributed by atoms with Crippen molar-refractivity contribution in [2.45, 2.75) is 6.04 Å². The highest BCUT2D eigenvalue weighted by atomic mass is 15.2. The Hall–Kier alpha value is -9.50. The van der Waals surface area contributed by atoms with Gasteiger partial charge in [-0.05, 0) is 109 Å². The van der Waals surface area contributed by atoms with Crippen molar-refractivity contribution in [1.82, 2.24) is 0 Å². The highest BCUT2D eigenvalue weighted by Crippen LogP contribution is 2.53. The Balaban J connectivity index is 1.11. The van der Waals surface area contributed by atoms with Crippen LogP contribution >= 0.6 is 0 Å². The first-order chi connectivity index (χ1) is 36.7. The summed E-state index contributed by atoms with van der Waals surface area (Å²) in [5, 5.41) is 9.74. The van der Waals surface area contributed by atoms with Crippen LogP contribution < -0.4 is 9.80 Å². The van der Waals surface area contributed by atoms with E-state index >= 15 is 0 Å². The zero-order valence-electron chi connectivity index (χ0n) is 40.8. The van der Waals surface area contributed by atoms with Crippen LogP contribution in [0.25, 0.3) is 87.6 Å². The molecule has 74 heavy (non-hydrogen) atoms. The molecule has 12 aromatic carbocycles. The summed E-state index contributed by atoms with van der Waals surface area (Å²) in [7, 11) is 0. The lowest BCUT2D eigenvalue weighted by atomic mass is 9.82. The van der Waals surface area contributed by atoms with E-state index in [9.17, 15) is 0 Å². The molecule has 0 N–H and O–H groups in total. The average Bonchev–Trinajstić information content (AvgIpc) is 3.50. The fourth-order valence-corrected chi connectivity index (χ4v) is 12.0. The first-order valence-corrected chi connectivity index (χ1v) is 25.7. The minimum absolute atomic E-state index is 0.0153. The number of anilines is 5. The van der Waals surface area contributed by atoms with Gasteiger partial charge >= 0.3 is 0 Å². The van der Waals surface area contributed by atoms with Crippen LogP contribution in [0.15, 0.2) is 297 Å². The van der Waals surface area contributed by atoms with E-state index in [1.807, 2.05) is 0 Å². The molecule has 2 nitrogen and oxygen atoms in total. The molecule has 2 unspecified atom stereocenters. The first kappa shape index (κ1) is 43.3. The lowest BCUT2D eigenvalue weighted by Crippen LogP contribution is -2.37. The fourth-order valence-electron chi connectivity index (χ4n) is 12.0. The van der Waals surface area contributed by atoms with E-state index in [-0.39, 0.29) is 12.0 Å². The standard InChI is InChI=1S/C72H50N2/c1-5-21-49(22-6-1)55-33-17-35-57(45-55)73(67-39-19-31-51-29-13-15-37-59(51)67)69-47-65(53-25-9-3-10-26-53)61-42-44-64-70(48-66(54-27-11-4-12-28-54)62-41-43-63(69)71(61)72(62)64)74(68-40-20-32-52-30-14-16-38-60(52)68)58-36-18-34-56(46-58)50-23-7-2-8-24-50/h1-48,59,67H. The normalized spacial score (nSPS) is 14.9. The largest absolute Gasteiger partial charge is 0.333 e. The van der Waals surface area contributed by atoms with Gasteiger partial charge in [0.05, 0.1) is 23.1 Å². The second-order valence-corrected chi connectivity index (χ2v) is 19.5. The molecule has 0 aliphatic heterocycles. The molecule has 348 valence electrons. The number of allylic oxidation sites excluding steroid dienone is 5. The maximum absolute atomic E-state index is 2.64. The van der Waals surface area contributed by atoms with Gasteiger partial charge in [-0.1, -0.05) is 249 Å². The third kappa shape index (κ3) is 7.42. The fraction of sp³-hybridized carbons (Fsp3) is 0.0278. The summed E-state index contributed by atoms with van der Waals surface area (Å²) in [4.78, 5) is 5.16. The van der Waals surface area contributed by atoms with Gasteiger partial charge in [0.25, 0.3) is 0 Å². The molecular weight excluding hydrogens is 893 g/mol. The SMILES string of the molecule is C1=CC2=CC=CC(N(c3cccc(-c4ccccc4)c3)c3cc(-c4ccccc4)c4ccc5c(N(c6cccc(-c7ccccc7)c6)c6cccc7ccccc67)cc(-c6ccccc6)c6ccc3c4c65)C2C=C1. The van der Waals surface area contributed by atoms with E-state index < -0.39 is 0 Å². The zero-order valence-corrected chi connectivity index (χ0v) is 40.8. The van der Waals surface area contributed by atoms with Crippen molar-refractivity contribution in [2.24, 2.45) is 5.92 Å². The van der Waals surface area contributed by atoms with Gasteiger partial charge in [0, 0.05) is 44.2 Å². The minimum atomic E-state index is -0.0153. The summed E-state index contributed by atoms with van der Waals surface area (Å²) in [5.41, 5.74) is 16.4. The highest BCUT2D eigenvalue weighted by molar-refractivity contribution is 6.32. The Morgan fingerprint density at radius 3 is 1.46 bits per heavy atom. The highest BCUT2D eigenvalue weighted by Gasteiger charge is 2.33. The predicted octanol–water partition coefficient (Wildman–Crippen LogP) is 19.6. The Labute approximate surface area is 432 Å². The summed E-state index contributed by atoms with van der Waals surface area (Å²) in [6.45, 7) is 0. The van der Waals surface area contributed by atoms with E-state index in [0.29, 0.717) is 0 Å². The molecule has 0 heterocycles. The number of nitrogens with zero attached hydrogens (tertiary/aromatic N) is 2. The second kappa shape index (κ2) is 18.3. The van der Waals surface area contributed by atoms with E-state index in [4.69, 9.17) is 0 Å². The molecule has 0 spiro atoms. The summed E-state index contributed by atoms with van der Waals surface area (Å²) in [5.74, 6) is 0.140. The third-order valence-electron chi connectivity index (χ3n) is 15.3. The van der Waals surface area contributed by atoms with Gasteiger partial charge in [-0.3, -0.25) is 0 Å². The molecule has 0 aromatic heterocycles. The van der Waals surface area contributed by atoms with Crippen molar-refractivity contribution in [2.75, 3.05) is 9.80 Å². The van der Waals surface area contributed by atoms with E-state index in [1.54, 1.807) is 0 Å². The third-order valence-corrected chi connectivity index (χ3v) is 15.3. The van der Waals surface area contributed by atoms with Crippen LogP contribution in [0.3, 0.4) is 0 Å². The van der Waals surface area contributed by atoms with E-state index in [1.165, 1.54) is 98.9 Å². The molecule has 0 amide bonds. The molecule has 0 bridgehead atoms. The van der Waals surface area contributed by atoms with Crippen molar-refractivity contribution >= 4 is 71.5 Å². The molecule has 12 aromatic rings. The predicted molar refractivity (Wildman–Crippen MR) is 315 cm³/mol. The summed E-state index contributed by atoms with van der Waals surface area (Å²) in [6, 6.07) is 91.8. The first-order valence-electron chi connectivity index (χ1n) is 25.7. The quantitative estimate of drug-likeness (QED) is 0.126. The van der Waals surface area contributed by atoms with Crippen LogP contribution in [0, 0.1) is 5.92 Å². The number of fused-ring (bicyclic) bond motifs is 2. The monoisotopic (exact) mass is 942 g/mol. The number of rotatable bonds is 10. The zero-order chi connectivity index (χ0) is 49.0. The smallest absolute Gasteiger partial charge is 0.0628 e. The van der Waals surface area contributed by atoms with Crippen LogP contribution in [-0.4, -0.2) is 6.04 Å². The molecule has 14 rings (SSSR count). The minimum Gasteiger partial charge on any atom is -0.333 e. The Bertz CT molecular complexity index is 4180. The molecular formula is C72H50N2. The lowest BCUT2D eigenvalue weighted by molar-refractivity contribution is 0.641. The molecule has 0 fully saturated rings. The Kier molecular flexibility index (Phi) is 10.7. The van der Waals surface area contributed by atoms with Gasteiger partial charge in [0.15, 0.2) is 0 Å². The number of benzene rings is 12. The second-order valence-electron chi connectivity index (χ2n) is 19.5. The van der Waals surface area contributed by atoms with Crippen LogP contribution in [-0.2, 0) is 0 Å². The van der Waals surface area contributed by atoms with Crippen LogP contribution in [0.2, 0.25) is 0 Å². The molecule has 0 saturated heterocycles. The average molecular weight is 943 g/mol. The van der Waals surface area contributed by atoms with Gasteiger partial charge in [-0.2, -0.15) is 0 Å². The van der Waals surface area contributed by atoms with Crippen LogP contribution in [0.4, 0.5) is 28.4 Å². The summed E-state index contributed by atoms with van der Waals surface area (Å²) >= 11 is 0. The molecule has 0 radical (unpaired) electrons. The Morgan fingerprint density at radius 1 is 0.311 bits per heavy atom. The molecule has 2 heteroatoms. The van der Waals surface area contributed by atoms with Crippen molar-refractivity contribution < 1.29 is 0 Å². The van der Waals surface area contributed by atoms with Gasteiger partial charge in [-0.15, -0.1) is 0 Å². The molecule has 0 saturated carbocycles. The molecule has 2 aliphatic rings. The number of hydrogen-bond donors (Lipinski definition) is 0.